The van der Waals surface area contributed by atoms with Crippen LogP contribution >= 0.6 is 0 Å². The number of unbranched alkanes of at least 4 members (excludes halogenated alkanes) is 1. The molecule has 1 aromatic rings. The zero-order valence-electron chi connectivity index (χ0n) is 15.7. The van der Waals surface area contributed by atoms with Crippen molar-refractivity contribution in [3.63, 3.8) is 0 Å². The molecule has 0 unspecified atom stereocenters. The highest BCUT2D eigenvalue weighted by Crippen LogP contribution is 2.11. The van der Waals surface area contributed by atoms with Gasteiger partial charge in [-0.25, -0.2) is 22.9 Å². The summed E-state index contributed by atoms with van der Waals surface area (Å²) >= 11 is 0. The Kier molecular flexibility index (Phi) is 8.45. The minimum Gasteiger partial charge on any atom is -0.444 e. The lowest BCUT2D eigenvalue weighted by Gasteiger charge is -2.26. The summed E-state index contributed by atoms with van der Waals surface area (Å²) in [6, 6.07) is 3.91. The van der Waals surface area contributed by atoms with E-state index in [1.165, 1.54) is 12.3 Å². The summed E-state index contributed by atoms with van der Waals surface area (Å²) in [5.74, 6) is 0. The van der Waals surface area contributed by atoms with Crippen LogP contribution in [0.5, 0.6) is 0 Å². The number of hydrogen-bond acceptors (Lipinski definition) is 6. The number of carbonyl (C=O) groups excluding carboxylic acids is 1. The number of ether oxygens (including phenoxy) is 1. The van der Waals surface area contributed by atoms with Crippen molar-refractivity contribution in [2.24, 2.45) is 0 Å². The van der Waals surface area contributed by atoms with Gasteiger partial charge in [-0.05, 0) is 39.3 Å². The maximum atomic E-state index is 12.2. The highest BCUT2D eigenvalue weighted by atomic mass is 32.2. The van der Waals surface area contributed by atoms with Crippen LogP contribution in [0, 0.1) is 0 Å². The van der Waals surface area contributed by atoms with Crippen molar-refractivity contribution in [1.82, 2.24) is 15.0 Å². The van der Waals surface area contributed by atoms with Crippen molar-refractivity contribution in [3.05, 3.63) is 24.4 Å². The molecule has 0 spiro atoms. The largest absolute Gasteiger partial charge is 0.444 e. The van der Waals surface area contributed by atoms with Crippen molar-refractivity contribution in [2.45, 2.75) is 69.7 Å². The number of aromatic nitrogens is 1. The third-order valence-corrected chi connectivity index (χ3v) is 4.77. The maximum absolute atomic E-state index is 12.2. The van der Waals surface area contributed by atoms with Crippen LogP contribution < -0.4 is 10.0 Å². The molecule has 0 aromatic carbocycles. The first kappa shape index (κ1) is 22.3. The summed E-state index contributed by atoms with van der Waals surface area (Å²) in [5, 5.41) is 12.9. The van der Waals surface area contributed by atoms with E-state index in [9.17, 15) is 18.3 Å². The molecule has 0 fully saturated rings. The number of hydrogen-bond donors (Lipinski definition) is 3. The number of pyridine rings is 1. The molecular weight excluding hydrogens is 358 g/mol. The second kappa shape index (κ2) is 9.84. The number of sulfonamides is 1. The Morgan fingerprint density at radius 3 is 2.58 bits per heavy atom. The first-order valence-electron chi connectivity index (χ1n) is 8.63. The first-order valence-corrected chi connectivity index (χ1v) is 10.1. The van der Waals surface area contributed by atoms with Crippen LogP contribution in [0.2, 0.25) is 0 Å². The van der Waals surface area contributed by atoms with Gasteiger partial charge >= 0.3 is 6.09 Å². The van der Waals surface area contributed by atoms with E-state index in [0.717, 1.165) is 12.8 Å². The van der Waals surface area contributed by atoms with Crippen molar-refractivity contribution in [3.8, 4) is 0 Å². The Balaban J connectivity index is 2.70. The van der Waals surface area contributed by atoms with E-state index in [1.807, 2.05) is 6.92 Å². The molecule has 9 heteroatoms. The van der Waals surface area contributed by atoms with Crippen molar-refractivity contribution < 1.29 is 23.1 Å². The average molecular weight is 388 g/mol. The van der Waals surface area contributed by atoms with Crippen LogP contribution in [0.25, 0.3) is 0 Å². The number of rotatable bonds is 9. The Hall–Kier alpha value is -1.71. The molecule has 1 amide bonds. The van der Waals surface area contributed by atoms with Gasteiger partial charge in [-0.15, -0.1) is 0 Å². The van der Waals surface area contributed by atoms with Gasteiger partial charge in [-0.2, -0.15) is 0 Å². The van der Waals surface area contributed by atoms with Crippen LogP contribution in [0.1, 0.15) is 47.0 Å². The van der Waals surface area contributed by atoms with Crippen molar-refractivity contribution in [1.29, 1.82) is 0 Å². The molecular formula is C17H29N3O5S. The van der Waals surface area contributed by atoms with E-state index in [0.29, 0.717) is 6.42 Å². The Morgan fingerprint density at radius 2 is 2.04 bits per heavy atom. The summed E-state index contributed by atoms with van der Waals surface area (Å²) in [5.41, 5.74) is -0.662. The smallest absolute Gasteiger partial charge is 0.407 e. The number of alkyl carbamates (subject to hydrolysis) is 1. The molecule has 0 radical (unpaired) electrons. The molecule has 8 nitrogen and oxygen atoms in total. The summed E-state index contributed by atoms with van der Waals surface area (Å²) in [7, 11) is -3.83. The SMILES string of the molecule is CCCC[C@H](NC(=O)OC(C)(C)C)[C@@H](O)CNS(=O)(=O)c1ccccn1. The van der Waals surface area contributed by atoms with Gasteiger partial charge in [0, 0.05) is 12.7 Å². The minimum atomic E-state index is -3.83. The number of aliphatic hydroxyl groups is 1. The van der Waals surface area contributed by atoms with E-state index in [4.69, 9.17) is 4.74 Å². The summed E-state index contributed by atoms with van der Waals surface area (Å²) in [6.07, 6.45) is 1.77. The third-order valence-electron chi connectivity index (χ3n) is 3.43. The highest BCUT2D eigenvalue weighted by Gasteiger charge is 2.26. The van der Waals surface area contributed by atoms with E-state index in [2.05, 4.69) is 15.0 Å². The van der Waals surface area contributed by atoms with Gasteiger partial charge < -0.3 is 15.2 Å². The second-order valence-corrected chi connectivity index (χ2v) is 8.70. The molecule has 1 heterocycles. The molecule has 0 aliphatic heterocycles. The zero-order valence-corrected chi connectivity index (χ0v) is 16.5. The van der Waals surface area contributed by atoms with E-state index >= 15 is 0 Å². The molecule has 1 aromatic heterocycles. The molecule has 0 saturated carbocycles. The summed E-state index contributed by atoms with van der Waals surface area (Å²) < 4.78 is 31.9. The number of aliphatic hydroxyl groups excluding tert-OH is 1. The minimum absolute atomic E-state index is 0.127. The monoisotopic (exact) mass is 387 g/mol. The van der Waals surface area contributed by atoms with Gasteiger partial charge in [-0.3, -0.25) is 0 Å². The second-order valence-electron chi connectivity index (χ2n) is 6.98. The van der Waals surface area contributed by atoms with E-state index in [1.54, 1.807) is 32.9 Å². The van der Waals surface area contributed by atoms with Gasteiger partial charge in [0.2, 0.25) is 0 Å². The van der Waals surface area contributed by atoms with E-state index < -0.39 is 33.9 Å². The number of amides is 1. The number of nitrogens with one attached hydrogen (secondary N) is 2. The normalized spacial score (nSPS) is 14.5. The molecule has 0 bridgehead atoms. The van der Waals surface area contributed by atoms with Crippen LogP contribution in [0.15, 0.2) is 29.4 Å². The zero-order chi connectivity index (χ0) is 19.8. The van der Waals surface area contributed by atoms with Crippen LogP contribution in [-0.4, -0.2) is 48.9 Å². The molecule has 1 rings (SSSR count). The van der Waals surface area contributed by atoms with Gasteiger partial charge in [0.15, 0.2) is 5.03 Å². The van der Waals surface area contributed by atoms with Gasteiger partial charge in [0.05, 0.1) is 12.1 Å². The quantitative estimate of drug-likeness (QED) is 0.595. The lowest BCUT2D eigenvalue weighted by molar-refractivity contribution is 0.0418. The number of nitrogens with zero attached hydrogens (tertiary/aromatic N) is 1. The van der Waals surface area contributed by atoms with Crippen LogP contribution in [0.3, 0.4) is 0 Å². The summed E-state index contributed by atoms with van der Waals surface area (Å²) in [4.78, 5) is 15.8. The van der Waals surface area contributed by atoms with Crippen LogP contribution in [-0.2, 0) is 14.8 Å². The predicted molar refractivity (Wildman–Crippen MR) is 98.1 cm³/mol. The topological polar surface area (TPSA) is 118 Å². The molecule has 0 saturated heterocycles. The fourth-order valence-electron chi connectivity index (χ4n) is 2.16. The molecule has 148 valence electrons. The Bertz CT molecular complexity index is 659. The summed E-state index contributed by atoms with van der Waals surface area (Å²) in [6.45, 7) is 6.96. The van der Waals surface area contributed by atoms with Gasteiger partial charge in [0.1, 0.15) is 5.60 Å². The molecule has 3 N–H and O–H groups in total. The van der Waals surface area contributed by atoms with Crippen molar-refractivity contribution >= 4 is 16.1 Å². The van der Waals surface area contributed by atoms with Crippen molar-refractivity contribution in [2.75, 3.05) is 6.54 Å². The predicted octanol–water partition coefficient (Wildman–Crippen LogP) is 1.80. The molecule has 0 aliphatic carbocycles. The molecule has 0 aliphatic rings. The third kappa shape index (κ3) is 8.11. The maximum Gasteiger partial charge on any atom is 0.407 e. The standard InChI is InChI=1S/C17H29N3O5S/c1-5-6-9-13(20-16(22)25-17(2,3)4)14(21)12-19-26(23,24)15-10-7-8-11-18-15/h7-8,10-11,13-14,19,21H,5-6,9,12H2,1-4H3,(H,20,22)/t13-,14-/m0/s1. The van der Waals surface area contributed by atoms with Gasteiger partial charge in [0.25, 0.3) is 10.0 Å². The lowest BCUT2D eigenvalue weighted by atomic mass is 10.0. The molecule has 2 atom stereocenters. The average Bonchev–Trinajstić information content (AvgIpc) is 2.55. The highest BCUT2D eigenvalue weighted by molar-refractivity contribution is 7.89. The Labute approximate surface area is 155 Å². The molecule has 26 heavy (non-hydrogen) atoms. The fraction of sp³-hybridized carbons (Fsp3) is 0.647. The number of carbonyl (C=O) groups is 1. The fourth-order valence-corrected chi connectivity index (χ4v) is 3.16. The van der Waals surface area contributed by atoms with E-state index in [-0.39, 0.29) is 11.6 Å². The first-order chi connectivity index (χ1) is 12.0. The lowest BCUT2D eigenvalue weighted by Crippen LogP contribution is -2.49. The van der Waals surface area contributed by atoms with Crippen LogP contribution in [0.4, 0.5) is 4.79 Å². The van der Waals surface area contributed by atoms with Gasteiger partial charge in [-0.1, -0.05) is 25.8 Å². The Morgan fingerprint density at radius 1 is 1.35 bits per heavy atom.